The molecule has 1 saturated heterocycles. The number of nitrogens with zero attached hydrogens (tertiary/aromatic N) is 2. The summed E-state index contributed by atoms with van der Waals surface area (Å²) in [7, 11) is 0. The van der Waals surface area contributed by atoms with E-state index in [1.807, 2.05) is 4.90 Å². The first-order valence-corrected chi connectivity index (χ1v) is 6.96. The molecule has 5 nitrogen and oxygen atoms in total. The first kappa shape index (κ1) is 14.5. The minimum atomic E-state index is -1.07. The average Bonchev–Trinajstić information content (AvgIpc) is 2.55. The highest BCUT2D eigenvalue weighted by molar-refractivity contribution is 5.85. The molecule has 0 radical (unpaired) electrons. The standard InChI is InChI=1S/C16H15FN2O3/c17-12-5-2-1-4-11(12)14-10-19(8-9-22-14)15-7-3-6-13(18-15)16(20)21/h1-7,14H,8-10H2,(H,20,21). The van der Waals surface area contributed by atoms with Gasteiger partial charge < -0.3 is 14.7 Å². The van der Waals surface area contributed by atoms with E-state index in [-0.39, 0.29) is 11.5 Å². The number of rotatable bonds is 3. The Balaban J connectivity index is 1.83. The second-order valence-corrected chi connectivity index (χ2v) is 5.01. The van der Waals surface area contributed by atoms with Crippen LogP contribution in [0, 0.1) is 5.82 Å². The van der Waals surface area contributed by atoms with Crippen molar-refractivity contribution >= 4 is 11.8 Å². The Morgan fingerprint density at radius 1 is 1.27 bits per heavy atom. The zero-order valence-corrected chi connectivity index (χ0v) is 11.8. The van der Waals surface area contributed by atoms with Crippen LogP contribution < -0.4 is 4.90 Å². The largest absolute Gasteiger partial charge is 0.477 e. The van der Waals surface area contributed by atoms with Crippen LogP contribution in [0.15, 0.2) is 42.5 Å². The number of aromatic nitrogens is 1. The Kier molecular flexibility index (Phi) is 4.02. The number of carboxylic acid groups (broad SMARTS) is 1. The zero-order valence-electron chi connectivity index (χ0n) is 11.8. The molecule has 3 rings (SSSR count). The highest BCUT2D eigenvalue weighted by atomic mass is 19.1. The molecule has 0 bridgehead atoms. The molecule has 0 saturated carbocycles. The lowest BCUT2D eigenvalue weighted by molar-refractivity contribution is 0.0372. The van der Waals surface area contributed by atoms with Crippen molar-refractivity contribution in [2.45, 2.75) is 6.10 Å². The first-order chi connectivity index (χ1) is 10.6. The molecule has 0 amide bonds. The van der Waals surface area contributed by atoms with Crippen LogP contribution in [-0.2, 0) is 4.74 Å². The molecule has 0 spiro atoms. The number of ether oxygens (including phenoxy) is 1. The number of carbonyl (C=O) groups is 1. The molecule has 1 aliphatic heterocycles. The van der Waals surface area contributed by atoms with Gasteiger partial charge in [-0.3, -0.25) is 0 Å². The summed E-state index contributed by atoms with van der Waals surface area (Å²) in [5.74, 6) is -0.813. The third-order valence-corrected chi connectivity index (χ3v) is 3.60. The van der Waals surface area contributed by atoms with Gasteiger partial charge in [0.25, 0.3) is 0 Å². The number of hydrogen-bond donors (Lipinski definition) is 1. The van der Waals surface area contributed by atoms with E-state index in [4.69, 9.17) is 9.84 Å². The average molecular weight is 302 g/mol. The van der Waals surface area contributed by atoms with Gasteiger partial charge in [-0.1, -0.05) is 24.3 Å². The molecular weight excluding hydrogens is 287 g/mol. The molecule has 1 N–H and O–H groups in total. The molecule has 114 valence electrons. The van der Waals surface area contributed by atoms with Crippen molar-refractivity contribution in [1.82, 2.24) is 4.98 Å². The smallest absolute Gasteiger partial charge is 0.354 e. The number of morpholine rings is 1. The summed E-state index contributed by atoms with van der Waals surface area (Å²) < 4.78 is 19.5. The van der Waals surface area contributed by atoms with Gasteiger partial charge in [0, 0.05) is 18.7 Å². The van der Waals surface area contributed by atoms with Crippen LogP contribution in [0.3, 0.4) is 0 Å². The van der Waals surface area contributed by atoms with Crippen molar-refractivity contribution in [2.24, 2.45) is 0 Å². The summed E-state index contributed by atoms with van der Waals surface area (Å²) in [5.41, 5.74) is 0.494. The van der Waals surface area contributed by atoms with Crippen LogP contribution in [0.1, 0.15) is 22.2 Å². The third-order valence-electron chi connectivity index (χ3n) is 3.60. The second-order valence-electron chi connectivity index (χ2n) is 5.01. The molecule has 6 heteroatoms. The second kappa shape index (κ2) is 6.11. The minimum Gasteiger partial charge on any atom is -0.477 e. The van der Waals surface area contributed by atoms with Crippen molar-refractivity contribution in [3.63, 3.8) is 0 Å². The Morgan fingerprint density at radius 2 is 2.09 bits per heavy atom. The number of benzene rings is 1. The first-order valence-electron chi connectivity index (χ1n) is 6.96. The van der Waals surface area contributed by atoms with Crippen molar-refractivity contribution in [3.05, 3.63) is 59.5 Å². The summed E-state index contributed by atoms with van der Waals surface area (Å²) in [4.78, 5) is 17.0. The number of aromatic carboxylic acids is 1. The van der Waals surface area contributed by atoms with E-state index in [1.165, 1.54) is 12.1 Å². The van der Waals surface area contributed by atoms with Crippen LogP contribution >= 0.6 is 0 Å². The topological polar surface area (TPSA) is 62.7 Å². The van der Waals surface area contributed by atoms with Crippen LogP contribution in [0.4, 0.5) is 10.2 Å². The van der Waals surface area contributed by atoms with Crippen LogP contribution in [0.2, 0.25) is 0 Å². The monoisotopic (exact) mass is 302 g/mol. The number of pyridine rings is 1. The lowest BCUT2D eigenvalue weighted by Gasteiger charge is -2.34. The molecule has 1 aromatic carbocycles. The zero-order chi connectivity index (χ0) is 15.5. The van der Waals surface area contributed by atoms with Crippen molar-refractivity contribution in [1.29, 1.82) is 0 Å². The predicted molar refractivity (Wildman–Crippen MR) is 78.5 cm³/mol. The van der Waals surface area contributed by atoms with E-state index < -0.39 is 12.1 Å². The van der Waals surface area contributed by atoms with Gasteiger partial charge in [-0.2, -0.15) is 0 Å². The molecule has 1 fully saturated rings. The van der Waals surface area contributed by atoms with E-state index in [1.54, 1.807) is 30.3 Å². The normalized spacial score (nSPS) is 18.2. The Labute approximate surface area is 127 Å². The fourth-order valence-electron chi connectivity index (χ4n) is 2.50. The molecule has 0 aliphatic carbocycles. The van der Waals surface area contributed by atoms with Gasteiger partial charge in [-0.15, -0.1) is 0 Å². The minimum absolute atomic E-state index is 0.00793. The van der Waals surface area contributed by atoms with Gasteiger partial charge in [0.2, 0.25) is 0 Å². The lowest BCUT2D eigenvalue weighted by atomic mass is 10.1. The maximum absolute atomic E-state index is 13.9. The Bertz CT molecular complexity index is 693. The van der Waals surface area contributed by atoms with Gasteiger partial charge in [-0.25, -0.2) is 14.2 Å². The third kappa shape index (κ3) is 2.92. The molecule has 1 atom stereocenters. The van der Waals surface area contributed by atoms with Crippen LogP contribution in [0.5, 0.6) is 0 Å². The van der Waals surface area contributed by atoms with E-state index in [0.717, 1.165) is 0 Å². The summed E-state index contributed by atoms with van der Waals surface area (Å²) in [6, 6.07) is 11.4. The summed E-state index contributed by atoms with van der Waals surface area (Å²) in [6.45, 7) is 1.44. The molecule has 22 heavy (non-hydrogen) atoms. The van der Waals surface area contributed by atoms with E-state index >= 15 is 0 Å². The van der Waals surface area contributed by atoms with Crippen molar-refractivity contribution in [2.75, 3.05) is 24.6 Å². The van der Waals surface area contributed by atoms with Crippen LogP contribution in [0.25, 0.3) is 0 Å². The lowest BCUT2D eigenvalue weighted by Crippen LogP contribution is -2.39. The quantitative estimate of drug-likeness (QED) is 0.944. The van der Waals surface area contributed by atoms with Gasteiger partial charge in [0.05, 0.1) is 6.61 Å². The van der Waals surface area contributed by atoms with Crippen LogP contribution in [-0.4, -0.2) is 35.8 Å². The van der Waals surface area contributed by atoms with Crippen molar-refractivity contribution < 1.29 is 19.0 Å². The molecule has 2 aromatic rings. The highest BCUT2D eigenvalue weighted by Crippen LogP contribution is 2.26. The maximum Gasteiger partial charge on any atom is 0.354 e. The fraction of sp³-hybridized carbons (Fsp3) is 0.250. The fourth-order valence-corrected chi connectivity index (χ4v) is 2.50. The highest BCUT2D eigenvalue weighted by Gasteiger charge is 2.25. The van der Waals surface area contributed by atoms with Gasteiger partial charge in [0.15, 0.2) is 5.69 Å². The molecule has 2 heterocycles. The van der Waals surface area contributed by atoms with Gasteiger partial charge >= 0.3 is 5.97 Å². The number of anilines is 1. The summed E-state index contributed by atoms with van der Waals surface area (Å²) >= 11 is 0. The predicted octanol–water partition coefficient (Wildman–Crippen LogP) is 2.50. The number of carboxylic acids is 1. The number of halogens is 1. The van der Waals surface area contributed by atoms with E-state index in [0.29, 0.717) is 31.1 Å². The molecule has 1 aromatic heterocycles. The summed E-state index contributed by atoms with van der Waals surface area (Å²) in [5, 5.41) is 9.02. The SMILES string of the molecule is O=C(O)c1cccc(N2CCOC(c3ccccc3F)C2)n1. The van der Waals surface area contributed by atoms with Gasteiger partial charge in [0.1, 0.15) is 17.7 Å². The van der Waals surface area contributed by atoms with Crippen molar-refractivity contribution in [3.8, 4) is 0 Å². The van der Waals surface area contributed by atoms with E-state index in [9.17, 15) is 9.18 Å². The molecule has 1 unspecified atom stereocenters. The maximum atomic E-state index is 13.9. The molecular formula is C16H15FN2O3. The summed E-state index contributed by atoms with van der Waals surface area (Å²) in [6.07, 6.45) is -0.398. The molecule has 1 aliphatic rings. The van der Waals surface area contributed by atoms with Gasteiger partial charge in [-0.05, 0) is 18.2 Å². The number of hydrogen-bond acceptors (Lipinski definition) is 4. The Hall–Kier alpha value is -2.47. The Morgan fingerprint density at radius 3 is 2.86 bits per heavy atom. The van der Waals surface area contributed by atoms with E-state index in [2.05, 4.69) is 4.98 Å².